The minimum absolute atomic E-state index is 0.114. The molecule has 0 spiro atoms. The van der Waals surface area contributed by atoms with Crippen LogP contribution in [0, 0.1) is 12.8 Å². The van der Waals surface area contributed by atoms with Crippen LogP contribution in [0.1, 0.15) is 35.7 Å². The minimum Gasteiger partial charge on any atom is -0.398 e. The molecule has 1 saturated heterocycles. The molecule has 1 aromatic carbocycles. The van der Waals surface area contributed by atoms with Crippen molar-refractivity contribution in [3.63, 3.8) is 0 Å². The standard InChI is InChI=1S/C14H20N2O/c1-10-5-7-16(8-6-10)14(17)12-4-3-11(2)13(15)9-12/h3-4,9-10H,5-8,15H2,1-2H3. The number of carbonyl (C=O) groups is 1. The van der Waals surface area contributed by atoms with Crippen molar-refractivity contribution in [3.05, 3.63) is 29.3 Å². The van der Waals surface area contributed by atoms with Gasteiger partial charge in [0.2, 0.25) is 0 Å². The SMILES string of the molecule is Cc1ccc(C(=O)N2CCC(C)CC2)cc1N. The van der Waals surface area contributed by atoms with Gasteiger partial charge in [-0.2, -0.15) is 0 Å². The third-order valence-electron chi connectivity index (χ3n) is 3.60. The van der Waals surface area contributed by atoms with Gasteiger partial charge in [-0.25, -0.2) is 0 Å². The van der Waals surface area contributed by atoms with Gasteiger partial charge in [-0.15, -0.1) is 0 Å². The van der Waals surface area contributed by atoms with Gasteiger partial charge >= 0.3 is 0 Å². The summed E-state index contributed by atoms with van der Waals surface area (Å²) in [6, 6.07) is 5.57. The Morgan fingerprint density at radius 3 is 2.59 bits per heavy atom. The topological polar surface area (TPSA) is 46.3 Å². The summed E-state index contributed by atoms with van der Waals surface area (Å²) in [6.45, 7) is 5.93. The highest BCUT2D eigenvalue weighted by Crippen LogP contribution is 2.20. The van der Waals surface area contributed by atoms with Crippen LogP contribution in [-0.2, 0) is 0 Å². The van der Waals surface area contributed by atoms with E-state index in [0.717, 1.165) is 37.4 Å². The second-order valence-electron chi connectivity index (χ2n) is 5.05. The van der Waals surface area contributed by atoms with Gasteiger partial charge in [0.05, 0.1) is 0 Å². The number of amides is 1. The first-order valence-corrected chi connectivity index (χ1v) is 6.23. The molecule has 0 radical (unpaired) electrons. The van der Waals surface area contributed by atoms with Gasteiger partial charge in [0.15, 0.2) is 0 Å². The largest absolute Gasteiger partial charge is 0.398 e. The summed E-state index contributed by atoms with van der Waals surface area (Å²) in [7, 11) is 0. The van der Waals surface area contributed by atoms with Crippen molar-refractivity contribution >= 4 is 11.6 Å². The molecule has 1 fully saturated rings. The van der Waals surface area contributed by atoms with E-state index in [2.05, 4.69) is 6.92 Å². The molecule has 0 unspecified atom stereocenters. The summed E-state index contributed by atoms with van der Waals surface area (Å²) >= 11 is 0. The van der Waals surface area contributed by atoms with E-state index < -0.39 is 0 Å². The maximum absolute atomic E-state index is 12.2. The average Bonchev–Trinajstić information content (AvgIpc) is 2.33. The van der Waals surface area contributed by atoms with Crippen molar-refractivity contribution in [2.24, 2.45) is 5.92 Å². The molecule has 0 bridgehead atoms. The van der Waals surface area contributed by atoms with Crippen LogP contribution in [0.2, 0.25) is 0 Å². The van der Waals surface area contributed by atoms with Crippen LogP contribution in [0.15, 0.2) is 18.2 Å². The number of aryl methyl sites for hydroxylation is 1. The summed E-state index contributed by atoms with van der Waals surface area (Å²) in [5.74, 6) is 0.853. The number of piperidine rings is 1. The van der Waals surface area contributed by atoms with Crippen LogP contribution < -0.4 is 5.73 Å². The molecule has 2 rings (SSSR count). The van der Waals surface area contributed by atoms with E-state index >= 15 is 0 Å². The van der Waals surface area contributed by atoms with Crippen molar-refractivity contribution < 1.29 is 4.79 Å². The van der Waals surface area contributed by atoms with Gasteiger partial charge < -0.3 is 10.6 Å². The lowest BCUT2D eigenvalue weighted by Crippen LogP contribution is -2.37. The molecule has 1 amide bonds. The number of nitrogens with zero attached hydrogens (tertiary/aromatic N) is 1. The van der Waals surface area contributed by atoms with Gasteiger partial charge in [0, 0.05) is 24.3 Å². The number of rotatable bonds is 1. The Hall–Kier alpha value is -1.51. The van der Waals surface area contributed by atoms with Crippen molar-refractivity contribution in [1.82, 2.24) is 4.90 Å². The monoisotopic (exact) mass is 232 g/mol. The summed E-state index contributed by atoms with van der Waals surface area (Å²) in [4.78, 5) is 14.2. The quantitative estimate of drug-likeness (QED) is 0.756. The Labute approximate surface area is 103 Å². The summed E-state index contributed by atoms with van der Waals surface area (Å²) < 4.78 is 0. The number of benzene rings is 1. The zero-order valence-corrected chi connectivity index (χ0v) is 10.6. The van der Waals surface area contributed by atoms with E-state index in [4.69, 9.17) is 5.73 Å². The summed E-state index contributed by atoms with van der Waals surface area (Å²) in [6.07, 6.45) is 2.21. The lowest BCUT2D eigenvalue weighted by atomic mass is 9.98. The molecule has 0 atom stereocenters. The molecule has 0 aliphatic carbocycles. The van der Waals surface area contributed by atoms with Crippen molar-refractivity contribution in [2.75, 3.05) is 18.8 Å². The van der Waals surface area contributed by atoms with E-state index in [1.807, 2.05) is 24.0 Å². The summed E-state index contributed by atoms with van der Waals surface area (Å²) in [5.41, 5.74) is 8.27. The number of hydrogen-bond acceptors (Lipinski definition) is 2. The van der Waals surface area contributed by atoms with Gasteiger partial charge in [0.25, 0.3) is 5.91 Å². The number of anilines is 1. The Morgan fingerprint density at radius 1 is 1.35 bits per heavy atom. The van der Waals surface area contributed by atoms with E-state index in [1.54, 1.807) is 6.07 Å². The molecule has 1 aliphatic heterocycles. The van der Waals surface area contributed by atoms with E-state index in [9.17, 15) is 4.79 Å². The predicted molar refractivity (Wildman–Crippen MR) is 69.9 cm³/mol. The Bertz CT molecular complexity index is 420. The molecule has 0 saturated carbocycles. The Kier molecular flexibility index (Phi) is 3.36. The predicted octanol–water partition coefficient (Wildman–Crippen LogP) is 2.45. The van der Waals surface area contributed by atoms with Crippen LogP contribution in [0.25, 0.3) is 0 Å². The zero-order chi connectivity index (χ0) is 12.4. The normalized spacial score (nSPS) is 17.2. The maximum Gasteiger partial charge on any atom is 0.253 e. The van der Waals surface area contributed by atoms with Crippen molar-refractivity contribution in [2.45, 2.75) is 26.7 Å². The van der Waals surface area contributed by atoms with Crippen LogP contribution in [0.5, 0.6) is 0 Å². The molecule has 3 heteroatoms. The van der Waals surface area contributed by atoms with E-state index in [0.29, 0.717) is 11.3 Å². The van der Waals surface area contributed by atoms with Crippen LogP contribution in [-0.4, -0.2) is 23.9 Å². The van der Waals surface area contributed by atoms with Crippen LogP contribution in [0.4, 0.5) is 5.69 Å². The van der Waals surface area contributed by atoms with E-state index in [1.165, 1.54) is 0 Å². The number of carbonyl (C=O) groups excluding carboxylic acids is 1. The molecule has 2 N–H and O–H groups in total. The number of hydrogen-bond donors (Lipinski definition) is 1. The molecule has 1 aromatic rings. The highest BCUT2D eigenvalue weighted by atomic mass is 16.2. The fraction of sp³-hybridized carbons (Fsp3) is 0.500. The number of nitrogens with two attached hydrogens (primary N) is 1. The van der Waals surface area contributed by atoms with Crippen LogP contribution in [0.3, 0.4) is 0 Å². The molecule has 1 heterocycles. The second-order valence-corrected chi connectivity index (χ2v) is 5.05. The first-order valence-electron chi connectivity index (χ1n) is 6.23. The first kappa shape index (κ1) is 12.0. The third kappa shape index (κ3) is 2.60. The first-order chi connectivity index (χ1) is 8.08. The highest BCUT2D eigenvalue weighted by Gasteiger charge is 2.21. The lowest BCUT2D eigenvalue weighted by Gasteiger charge is -2.30. The second kappa shape index (κ2) is 4.78. The molecule has 17 heavy (non-hydrogen) atoms. The molecular weight excluding hydrogens is 212 g/mol. The van der Waals surface area contributed by atoms with Gasteiger partial charge in [-0.05, 0) is 43.4 Å². The molecule has 0 aromatic heterocycles. The zero-order valence-electron chi connectivity index (χ0n) is 10.6. The van der Waals surface area contributed by atoms with Gasteiger partial charge in [-0.1, -0.05) is 13.0 Å². The highest BCUT2D eigenvalue weighted by molar-refractivity contribution is 5.95. The Morgan fingerprint density at radius 2 is 2.00 bits per heavy atom. The average molecular weight is 232 g/mol. The molecular formula is C14H20N2O. The van der Waals surface area contributed by atoms with Crippen molar-refractivity contribution in [3.8, 4) is 0 Å². The smallest absolute Gasteiger partial charge is 0.253 e. The number of nitrogen functional groups attached to an aromatic ring is 1. The number of likely N-dealkylation sites (tertiary alicyclic amines) is 1. The van der Waals surface area contributed by atoms with E-state index in [-0.39, 0.29) is 5.91 Å². The van der Waals surface area contributed by atoms with Gasteiger partial charge in [0.1, 0.15) is 0 Å². The molecule has 1 aliphatic rings. The molecule has 92 valence electrons. The third-order valence-corrected chi connectivity index (χ3v) is 3.60. The van der Waals surface area contributed by atoms with Gasteiger partial charge in [-0.3, -0.25) is 4.79 Å². The fourth-order valence-electron chi connectivity index (χ4n) is 2.17. The maximum atomic E-state index is 12.2. The van der Waals surface area contributed by atoms with Crippen molar-refractivity contribution in [1.29, 1.82) is 0 Å². The van der Waals surface area contributed by atoms with Crippen LogP contribution >= 0.6 is 0 Å². The Balaban J connectivity index is 2.11. The molecule has 3 nitrogen and oxygen atoms in total. The lowest BCUT2D eigenvalue weighted by molar-refractivity contribution is 0.0697. The summed E-state index contributed by atoms with van der Waals surface area (Å²) in [5, 5.41) is 0. The minimum atomic E-state index is 0.114. The fourth-order valence-corrected chi connectivity index (χ4v) is 2.17.